The minimum atomic E-state index is -0.474. The molecule has 0 aliphatic heterocycles. The van der Waals surface area contributed by atoms with Gasteiger partial charge in [-0.15, -0.1) is 0 Å². The molecule has 0 aromatic carbocycles. The molecule has 0 aromatic rings. The maximum absolute atomic E-state index is 12.0. The highest BCUT2D eigenvalue weighted by Gasteiger charge is 2.59. The van der Waals surface area contributed by atoms with E-state index in [1.54, 1.807) is 5.57 Å². The fraction of sp³-hybridized carbons (Fsp3) is 0.903. The number of fused-ring (bicyclic) bond motifs is 5. The lowest BCUT2D eigenvalue weighted by molar-refractivity contribution is -0.0616. The average molecular weight is 473 g/mol. The first kappa shape index (κ1) is 26.1. The summed E-state index contributed by atoms with van der Waals surface area (Å²) < 4.78 is 10.9. The molecule has 34 heavy (non-hydrogen) atoms. The lowest BCUT2D eigenvalue weighted by Gasteiger charge is -2.58. The molecule has 3 heteroatoms. The zero-order valence-corrected chi connectivity index (χ0v) is 23.0. The standard InChI is InChI=1S/C31H52O3/c1-7-19-33-29(32)34-24-15-17-30(5)23(20-24)11-12-25-27-14-13-26(22(4)10-8-9-21(2)3)31(27,6)18-16-28(25)30/h11,21-22,24-28H,7-10,12-20H2,1-6H3/t22-,24+,25-,26+,27-,28-,30+,31+/m1/s1. The SMILES string of the molecule is CCCOC(=O)O[C@H]1CC[C@@]2(C)C(=CC[C@@H]3[C@H]4CC[C@@H]([C@H](C)CCCC(C)C)[C@]4(C)CC[C@H]32)C1. The van der Waals surface area contributed by atoms with Crippen LogP contribution in [0.15, 0.2) is 11.6 Å². The molecule has 0 heterocycles. The van der Waals surface area contributed by atoms with Gasteiger partial charge in [0.15, 0.2) is 0 Å². The summed E-state index contributed by atoms with van der Waals surface area (Å²) in [5.41, 5.74) is 2.43. The van der Waals surface area contributed by atoms with Gasteiger partial charge in [0.2, 0.25) is 0 Å². The molecule has 4 rings (SSSR count). The third kappa shape index (κ3) is 4.96. The van der Waals surface area contributed by atoms with Gasteiger partial charge in [0, 0.05) is 6.42 Å². The predicted octanol–water partition coefficient (Wildman–Crippen LogP) is 8.96. The highest BCUT2D eigenvalue weighted by Crippen LogP contribution is 2.67. The van der Waals surface area contributed by atoms with Crippen LogP contribution < -0.4 is 0 Å². The first-order chi connectivity index (χ1) is 16.2. The average Bonchev–Trinajstić information content (AvgIpc) is 3.15. The van der Waals surface area contributed by atoms with Crippen LogP contribution >= 0.6 is 0 Å². The predicted molar refractivity (Wildman–Crippen MR) is 140 cm³/mol. The number of rotatable bonds is 8. The van der Waals surface area contributed by atoms with Crippen LogP contribution in [0.25, 0.3) is 0 Å². The monoisotopic (exact) mass is 472 g/mol. The second-order valence-corrected chi connectivity index (χ2v) is 13.4. The molecule has 0 unspecified atom stereocenters. The molecule has 0 N–H and O–H groups in total. The summed E-state index contributed by atoms with van der Waals surface area (Å²) in [6.07, 6.45) is 17.2. The van der Waals surface area contributed by atoms with Crippen LogP contribution in [0.5, 0.6) is 0 Å². The Morgan fingerprint density at radius 3 is 2.59 bits per heavy atom. The highest BCUT2D eigenvalue weighted by molar-refractivity contribution is 5.60. The summed E-state index contributed by atoms with van der Waals surface area (Å²) in [5, 5.41) is 0. The Balaban J connectivity index is 1.41. The van der Waals surface area contributed by atoms with Crippen LogP contribution in [0.4, 0.5) is 4.79 Å². The lowest BCUT2D eigenvalue weighted by Crippen LogP contribution is -2.51. The van der Waals surface area contributed by atoms with Crippen LogP contribution in [0.3, 0.4) is 0 Å². The normalized spacial score (nSPS) is 40.1. The van der Waals surface area contributed by atoms with Crippen LogP contribution in [0.2, 0.25) is 0 Å². The fourth-order valence-electron chi connectivity index (χ4n) is 9.11. The number of hydrogen-bond donors (Lipinski definition) is 0. The molecule has 0 amide bonds. The Bertz CT molecular complexity index is 741. The molecule has 0 radical (unpaired) electrons. The Hall–Kier alpha value is -0.990. The maximum atomic E-state index is 12.0. The molecular weight excluding hydrogens is 420 g/mol. The Labute approximate surface area is 209 Å². The first-order valence-corrected chi connectivity index (χ1v) is 14.7. The van der Waals surface area contributed by atoms with Crippen molar-refractivity contribution in [3.63, 3.8) is 0 Å². The third-order valence-electron chi connectivity index (χ3n) is 10.9. The number of ether oxygens (including phenoxy) is 2. The van der Waals surface area contributed by atoms with E-state index in [4.69, 9.17) is 9.47 Å². The van der Waals surface area contributed by atoms with Gasteiger partial charge in [-0.05, 0) is 97.7 Å². The van der Waals surface area contributed by atoms with Gasteiger partial charge >= 0.3 is 6.16 Å². The van der Waals surface area contributed by atoms with Crippen LogP contribution in [-0.4, -0.2) is 18.9 Å². The van der Waals surface area contributed by atoms with E-state index in [-0.39, 0.29) is 6.10 Å². The number of carbonyl (C=O) groups excluding carboxylic acids is 1. The second kappa shape index (κ2) is 10.6. The van der Waals surface area contributed by atoms with Gasteiger partial charge in [0.25, 0.3) is 0 Å². The summed E-state index contributed by atoms with van der Waals surface area (Å²) in [5.74, 6) is 5.19. The largest absolute Gasteiger partial charge is 0.508 e. The van der Waals surface area contributed by atoms with Crippen LogP contribution in [0.1, 0.15) is 119 Å². The summed E-state index contributed by atoms with van der Waals surface area (Å²) in [7, 11) is 0. The molecule has 0 spiro atoms. The molecule has 194 valence electrons. The molecule has 0 saturated heterocycles. The van der Waals surface area contributed by atoms with Crippen molar-refractivity contribution in [1.82, 2.24) is 0 Å². The zero-order valence-electron chi connectivity index (χ0n) is 23.0. The van der Waals surface area contributed by atoms with Gasteiger partial charge in [0.1, 0.15) is 6.10 Å². The highest BCUT2D eigenvalue weighted by atomic mass is 16.7. The summed E-state index contributed by atoms with van der Waals surface area (Å²) in [6, 6.07) is 0. The van der Waals surface area contributed by atoms with Crippen molar-refractivity contribution in [1.29, 1.82) is 0 Å². The molecule has 3 saturated carbocycles. The van der Waals surface area contributed by atoms with Crippen molar-refractivity contribution in [2.24, 2.45) is 46.3 Å². The summed E-state index contributed by atoms with van der Waals surface area (Å²) >= 11 is 0. The van der Waals surface area contributed by atoms with Crippen molar-refractivity contribution in [3.05, 3.63) is 11.6 Å². The maximum Gasteiger partial charge on any atom is 0.508 e. The second-order valence-electron chi connectivity index (χ2n) is 13.4. The molecule has 0 bridgehead atoms. The van der Waals surface area contributed by atoms with Gasteiger partial charge in [-0.1, -0.05) is 72.5 Å². The van der Waals surface area contributed by atoms with Crippen LogP contribution in [0, 0.1) is 46.3 Å². The van der Waals surface area contributed by atoms with Crippen LogP contribution in [-0.2, 0) is 9.47 Å². The molecule has 4 aliphatic carbocycles. The van der Waals surface area contributed by atoms with Gasteiger partial charge in [-0.2, -0.15) is 0 Å². The van der Waals surface area contributed by atoms with E-state index in [1.807, 2.05) is 6.92 Å². The van der Waals surface area contributed by atoms with Crippen molar-refractivity contribution in [2.75, 3.05) is 6.61 Å². The van der Waals surface area contributed by atoms with E-state index in [9.17, 15) is 4.79 Å². The van der Waals surface area contributed by atoms with Crippen molar-refractivity contribution < 1.29 is 14.3 Å². The smallest absolute Gasteiger partial charge is 0.434 e. The van der Waals surface area contributed by atoms with Gasteiger partial charge in [0.05, 0.1) is 6.61 Å². The minimum absolute atomic E-state index is 0.00311. The first-order valence-electron chi connectivity index (χ1n) is 14.7. The van der Waals surface area contributed by atoms with Gasteiger partial charge in [-0.25, -0.2) is 4.79 Å². The molecule has 4 aliphatic rings. The van der Waals surface area contributed by atoms with E-state index in [1.165, 1.54) is 51.4 Å². The van der Waals surface area contributed by atoms with Crippen molar-refractivity contribution in [2.45, 2.75) is 125 Å². The third-order valence-corrected chi connectivity index (χ3v) is 10.9. The molecule has 3 nitrogen and oxygen atoms in total. The minimum Gasteiger partial charge on any atom is -0.434 e. The lowest BCUT2D eigenvalue weighted by atomic mass is 9.47. The summed E-state index contributed by atoms with van der Waals surface area (Å²) in [4.78, 5) is 12.0. The van der Waals surface area contributed by atoms with Crippen molar-refractivity contribution in [3.8, 4) is 0 Å². The molecule has 8 atom stereocenters. The van der Waals surface area contributed by atoms with E-state index in [0.29, 0.717) is 17.4 Å². The topological polar surface area (TPSA) is 35.5 Å². The van der Waals surface area contributed by atoms with Gasteiger partial charge in [-0.3, -0.25) is 0 Å². The molecule has 0 aromatic heterocycles. The van der Waals surface area contributed by atoms with Crippen molar-refractivity contribution >= 4 is 6.16 Å². The fourth-order valence-corrected chi connectivity index (χ4v) is 9.11. The number of hydrogen-bond acceptors (Lipinski definition) is 3. The Kier molecular flexibility index (Phi) is 8.10. The zero-order chi connectivity index (χ0) is 24.5. The summed E-state index contributed by atoms with van der Waals surface area (Å²) in [6.45, 7) is 15.0. The Morgan fingerprint density at radius 1 is 1.06 bits per heavy atom. The van der Waals surface area contributed by atoms with E-state index in [0.717, 1.165) is 61.2 Å². The van der Waals surface area contributed by atoms with E-state index >= 15 is 0 Å². The van der Waals surface area contributed by atoms with E-state index < -0.39 is 6.16 Å². The quantitative estimate of drug-likeness (QED) is 0.261. The molecule has 3 fully saturated rings. The van der Waals surface area contributed by atoms with E-state index in [2.05, 4.69) is 40.7 Å². The number of allylic oxidation sites excluding steroid dienone is 1. The number of carbonyl (C=O) groups is 1. The van der Waals surface area contributed by atoms with Gasteiger partial charge < -0.3 is 9.47 Å². The molecular formula is C31H52O3. The Morgan fingerprint density at radius 2 is 1.85 bits per heavy atom.